The summed E-state index contributed by atoms with van der Waals surface area (Å²) in [6, 6.07) is 4.19. The smallest absolute Gasteiger partial charge is 0.339 e. The Morgan fingerprint density at radius 1 is 1.33 bits per heavy atom. The highest BCUT2D eigenvalue weighted by Gasteiger charge is 2.36. The lowest BCUT2D eigenvalue weighted by molar-refractivity contribution is -0.126. The second kappa shape index (κ2) is 7.18. The van der Waals surface area contributed by atoms with Gasteiger partial charge in [0.25, 0.3) is 0 Å². The molecule has 1 unspecified atom stereocenters. The maximum atomic E-state index is 13.9. The maximum absolute atomic E-state index is 13.9. The van der Waals surface area contributed by atoms with Crippen LogP contribution in [-0.2, 0) is 16.1 Å². The number of nitrogens with one attached hydrogen (secondary N) is 1. The van der Waals surface area contributed by atoms with Crippen molar-refractivity contribution in [1.29, 1.82) is 0 Å². The van der Waals surface area contributed by atoms with E-state index in [1.807, 2.05) is 0 Å². The van der Waals surface area contributed by atoms with E-state index < -0.39 is 35.3 Å². The molecule has 2 heterocycles. The van der Waals surface area contributed by atoms with Crippen molar-refractivity contribution in [3.63, 3.8) is 0 Å². The summed E-state index contributed by atoms with van der Waals surface area (Å²) >= 11 is 0. The van der Waals surface area contributed by atoms with Crippen molar-refractivity contribution < 1.29 is 32.7 Å². The van der Waals surface area contributed by atoms with Crippen LogP contribution in [0.1, 0.15) is 28.3 Å². The number of hydrogen-bond acceptors (Lipinski definition) is 4. The van der Waals surface area contributed by atoms with Gasteiger partial charge in [0, 0.05) is 19.0 Å². The Balaban J connectivity index is 1.64. The predicted molar refractivity (Wildman–Crippen MR) is 89.1 cm³/mol. The maximum Gasteiger partial charge on any atom is 0.339 e. The number of aryl methyl sites for hydroxylation is 1. The fraction of sp³-hybridized carbons (Fsp3) is 0.278. The lowest BCUT2D eigenvalue weighted by Gasteiger charge is -2.17. The largest absolute Gasteiger partial charge is 0.478 e. The van der Waals surface area contributed by atoms with Crippen LogP contribution in [0.3, 0.4) is 0 Å². The third-order valence-electron chi connectivity index (χ3n) is 4.33. The number of carbonyl (C=O) groups excluding carboxylic acids is 2. The molecule has 0 spiro atoms. The minimum atomic E-state index is -1.13. The Kier molecular flexibility index (Phi) is 4.93. The number of carboxylic acids is 1. The Morgan fingerprint density at radius 3 is 2.70 bits per heavy atom. The zero-order valence-corrected chi connectivity index (χ0v) is 14.3. The summed E-state index contributed by atoms with van der Waals surface area (Å²) in [5, 5.41) is 11.6. The highest BCUT2D eigenvalue weighted by atomic mass is 19.1. The molecule has 142 valence electrons. The van der Waals surface area contributed by atoms with Gasteiger partial charge >= 0.3 is 5.97 Å². The molecule has 1 aromatic carbocycles. The van der Waals surface area contributed by atoms with E-state index in [-0.39, 0.29) is 42.3 Å². The summed E-state index contributed by atoms with van der Waals surface area (Å²) in [5.41, 5.74) is -0.0716. The summed E-state index contributed by atoms with van der Waals surface area (Å²) in [5.74, 6) is -3.88. The summed E-state index contributed by atoms with van der Waals surface area (Å²) in [6.07, 6.45) is -0.111. The van der Waals surface area contributed by atoms with Gasteiger partial charge in [0.15, 0.2) is 0 Å². The topological polar surface area (TPSA) is 99.9 Å². The van der Waals surface area contributed by atoms with Crippen LogP contribution in [0.4, 0.5) is 14.5 Å². The van der Waals surface area contributed by atoms with Crippen LogP contribution in [0.15, 0.2) is 28.7 Å². The predicted octanol–water partition coefficient (Wildman–Crippen LogP) is 2.23. The number of aromatic carboxylic acids is 1. The summed E-state index contributed by atoms with van der Waals surface area (Å²) < 4.78 is 32.2. The molecule has 3 rings (SSSR count). The van der Waals surface area contributed by atoms with Gasteiger partial charge < -0.3 is 19.7 Å². The van der Waals surface area contributed by atoms with Gasteiger partial charge in [0.2, 0.25) is 11.8 Å². The summed E-state index contributed by atoms with van der Waals surface area (Å²) in [6.45, 7) is 1.42. The number of nitrogens with zero attached hydrogens (tertiary/aromatic N) is 1. The molecule has 0 radical (unpaired) electrons. The van der Waals surface area contributed by atoms with E-state index in [1.165, 1.54) is 13.0 Å². The molecule has 2 aromatic rings. The van der Waals surface area contributed by atoms with Crippen molar-refractivity contribution in [2.24, 2.45) is 5.92 Å². The first-order chi connectivity index (χ1) is 12.8. The molecular weight excluding hydrogens is 362 g/mol. The van der Waals surface area contributed by atoms with Gasteiger partial charge in [0.05, 0.1) is 18.2 Å². The van der Waals surface area contributed by atoms with E-state index in [0.717, 1.165) is 17.0 Å². The van der Waals surface area contributed by atoms with Crippen molar-refractivity contribution in [3.05, 3.63) is 53.0 Å². The molecule has 2 amide bonds. The van der Waals surface area contributed by atoms with Crippen LogP contribution < -0.4 is 10.2 Å². The van der Waals surface area contributed by atoms with Crippen molar-refractivity contribution in [3.8, 4) is 0 Å². The molecule has 1 fully saturated rings. The molecule has 1 aromatic heterocycles. The fourth-order valence-electron chi connectivity index (χ4n) is 2.98. The highest BCUT2D eigenvalue weighted by Crippen LogP contribution is 2.28. The van der Waals surface area contributed by atoms with E-state index in [0.29, 0.717) is 6.07 Å². The lowest BCUT2D eigenvalue weighted by atomic mass is 10.1. The molecule has 0 bridgehead atoms. The normalized spacial score (nSPS) is 16.6. The Bertz CT molecular complexity index is 924. The van der Waals surface area contributed by atoms with Gasteiger partial charge in [-0.2, -0.15) is 0 Å². The SMILES string of the molecule is Cc1oc(CNC(=O)C2CC(=O)N(c3ccc(F)cc3F)C2)cc1C(=O)O. The molecule has 1 atom stereocenters. The first-order valence-corrected chi connectivity index (χ1v) is 8.12. The third kappa shape index (κ3) is 3.81. The van der Waals surface area contributed by atoms with Crippen LogP contribution in [0.2, 0.25) is 0 Å². The van der Waals surface area contributed by atoms with Gasteiger partial charge in [-0.25, -0.2) is 13.6 Å². The molecule has 1 saturated heterocycles. The molecule has 7 nitrogen and oxygen atoms in total. The highest BCUT2D eigenvalue weighted by molar-refractivity contribution is 6.00. The van der Waals surface area contributed by atoms with E-state index in [2.05, 4.69) is 5.32 Å². The number of halogens is 2. The first kappa shape index (κ1) is 18.6. The standard InChI is InChI=1S/C18H16F2N2O5/c1-9-13(18(25)26)6-12(27-9)7-21-17(24)10-4-16(23)22(8-10)15-3-2-11(19)5-14(15)20/h2-3,5-6,10H,4,7-8H2,1H3,(H,21,24)(H,25,26). The third-order valence-corrected chi connectivity index (χ3v) is 4.33. The Morgan fingerprint density at radius 2 is 2.07 bits per heavy atom. The zero-order valence-electron chi connectivity index (χ0n) is 14.3. The lowest BCUT2D eigenvalue weighted by Crippen LogP contribution is -2.32. The monoisotopic (exact) mass is 378 g/mol. The quantitative estimate of drug-likeness (QED) is 0.831. The van der Waals surface area contributed by atoms with E-state index in [9.17, 15) is 23.2 Å². The average Bonchev–Trinajstić information content (AvgIpc) is 3.16. The van der Waals surface area contributed by atoms with Crippen LogP contribution in [0, 0.1) is 24.5 Å². The number of rotatable bonds is 5. The number of furan rings is 1. The van der Waals surface area contributed by atoms with Crippen LogP contribution >= 0.6 is 0 Å². The summed E-state index contributed by atoms with van der Waals surface area (Å²) in [7, 11) is 0. The van der Waals surface area contributed by atoms with Crippen LogP contribution in [0.25, 0.3) is 0 Å². The van der Waals surface area contributed by atoms with E-state index in [1.54, 1.807) is 0 Å². The molecule has 1 aliphatic rings. The van der Waals surface area contributed by atoms with E-state index in [4.69, 9.17) is 9.52 Å². The van der Waals surface area contributed by atoms with Crippen molar-refractivity contribution >= 4 is 23.5 Å². The zero-order chi connectivity index (χ0) is 19.7. The van der Waals surface area contributed by atoms with Crippen molar-refractivity contribution in [2.45, 2.75) is 19.9 Å². The number of benzene rings is 1. The van der Waals surface area contributed by atoms with Gasteiger partial charge in [-0.3, -0.25) is 9.59 Å². The molecule has 1 aliphatic heterocycles. The second-order valence-corrected chi connectivity index (χ2v) is 6.21. The van der Waals surface area contributed by atoms with E-state index >= 15 is 0 Å². The van der Waals surface area contributed by atoms with Gasteiger partial charge in [-0.1, -0.05) is 0 Å². The minimum absolute atomic E-state index is 0.00764. The molecule has 0 saturated carbocycles. The average molecular weight is 378 g/mol. The number of amides is 2. The second-order valence-electron chi connectivity index (χ2n) is 6.21. The molecule has 0 aliphatic carbocycles. The van der Waals surface area contributed by atoms with Crippen LogP contribution in [-0.4, -0.2) is 29.4 Å². The van der Waals surface area contributed by atoms with Crippen molar-refractivity contribution in [1.82, 2.24) is 5.32 Å². The molecule has 9 heteroatoms. The van der Waals surface area contributed by atoms with Gasteiger partial charge in [-0.05, 0) is 25.1 Å². The number of anilines is 1. The van der Waals surface area contributed by atoms with Crippen molar-refractivity contribution in [2.75, 3.05) is 11.4 Å². The first-order valence-electron chi connectivity index (χ1n) is 8.12. The fourth-order valence-corrected chi connectivity index (χ4v) is 2.98. The van der Waals surface area contributed by atoms with Gasteiger partial charge in [0.1, 0.15) is 28.7 Å². The molecule has 27 heavy (non-hydrogen) atoms. The van der Waals surface area contributed by atoms with Crippen LogP contribution in [0.5, 0.6) is 0 Å². The number of hydrogen-bond donors (Lipinski definition) is 2. The minimum Gasteiger partial charge on any atom is -0.478 e. The molecule has 2 N–H and O–H groups in total. The number of carboxylic acid groups (broad SMARTS) is 1. The number of carbonyl (C=O) groups is 3. The Labute approximate surface area is 152 Å². The summed E-state index contributed by atoms with van der Waals surface area (Å²) in [4.78, 5) is 36.5. The Hall–Kier alpha value is -3.23. The molecular formula is C18H16F2N2O5. The van der Waals surface area contributed by atoms with Gasteiger partial charge in [-0.15, -0.1) is 0 Å².